The molecule has 1 aliphatic rings. The van der Waals surface area contributed by atoms with Gasteiger partial charge in [-0.2, -0.15) is 5.10 Å². The summed E-state index contributed by atoms with van der Waals surface area (Å²) >= 11 is 0. The van der Waals surface area contributed by atoms with E-state index in [4.69, 9.17) is 5.73 Å². The Hall–Kier alpha value is -0.870. The van der Waals surface area contributed by atoms with E-state index in [0.29, 0.717) is 12.1 Å². The van der Waals surface area contributed by atoms with Gasteiger partial charge in [-0.1, -0.05) is 26.7 Å². The van der Waals surface area contributed by atoms with Gasteiger partial charge in [0.05, 0.1) is 12.2 Å². The molecule has 0 radical (unpaired) electrons. The number of rotatable bonds is 6. The van der Waals surface area contributed by atoms with Crippen molar-refractivity contribution in [1.29, 1.82) is 0 Å². The Morgan fingerprint density at radius 3 is 2.80 bits per heavy atom. The standard InChI is InChI=1S/C16H30N4/c1-4-8-14-9-6-7-10-20(14)16(15(17)5-2)13-11-18-19(3)12-13/h11-12,14-16H,4-10,17H2,1-3H3. The van der Waals surface area contributed by atoms with Gasteiger partial charge in [0.2, 0.25) is 0 Å². The lowest BCUT2D eigenvalue weighted by molar-refractivity contribution is 0.0725. The number of aromatic nitrogens is 2. The third-order valence-electron chi connectivity index (χ3n) is 4.60. The van der Waals surface area contributed by atoms with Crippen molar-refractivity contribution < 1.29 is 0 Å². The molecule has 114 valence electrons. The first-order chi connectivity index (χ1) is 9.67. The van der Waals surface area contributed by atoms with Crippen molar-refractivity contribution in [3.63, 3.8) is 0 Å². The SMILES string of the molecule is CCCC1CCCCN1C(c1cnn(C)c1)C(N)CC. The Labute approximate surface area is 123 Å². The Morgan fingerprint density at radius 1 is 1.40 bits per heavy atom. The summed E-state index contributed by atoms with van der Waals surface area (Å²) < 4.78 is 1.89. The highest BCUT2D eigenvalue weighted by atomic mass is 15.3. The summed E-state index contributed by atoms with van der Waals surface area (Å²) in [5.74, 6) is 0. The Bertz CT molecular complexity index is 399. The zero-order valence-electron chi connectivity index (χ0n) is 13.3. The summed E-state index contributed by atoms with van der Waals surface area (Å²) in [6.07, 6.45) is 11.7. The second-order valence-corrected chi connectivity index (χ2v) is 6.14. The van der Waals surface area contributed by atoms with Crippen LogP contribution in [0.25, 0.3) is 0 Å². The van der Waals surface area contributed by atoms with Crippen molar-refractivity contribution in [3.05, 3.63) is 18.0 Å². The van der Waals surface area contributed by atoms with Crippen LogP contribution in [0.4, 0.5) is 0 Å². The molecule has 0 amide bonds. The molecule has 0 aromatic carbocycles. The van der Waals surface area contributed by atoms with E-state index in [1.807, 2.05) is 17.9 Å². The van der Waals surface area contributed by atoms with Crippen LogP contribution in [-0.4, -0.2) is 33.3 Å². The minimum atomic E-state index is 0.191. The molecule has 3 atom stereocenters. The molecule has 4 heteroatoms. The van der Waals surface area contributed by atoms with E-state index in [0.717, 1.165) is 6.42 Å². The molecule has 1 aliphatic heterocycles. The maximum atomic E-state index is 6.47. The van der Waals surface area contributed by atoms with E-state index >= 15 is 0 Å². The Morgan fingerprint density at radius 2 is 2.20 bits per heavy atom. The number of aryl methyl sites for hydroxylation is 1. The van der Waals surface area contributed by atoms with Crippen LogP contribution >= 0.6 is 0 Å². The van der Waals surface area contributed by atoms with Gasteiger partial charge >= 0.3 is 0 Å². The fraction of sp³-hybridized carbons (Fsp3) is 0.812. The number of nitrogens with two attached hydrogens (primary N) is 1. The van der Waals surface area contributed by atoms with E-state index in [-0.39, 0.29) is 6.04 Å². The summed E-state index contributed by atoms with van der Waals surface area (Å²) in [6, 6.07) is 1.21. The van der Waals surface area contributed by atoms with Crippen molar-refractivity contribution in [2.75, 3.05) is 6.54 Å². The molecule has 0 spiro atoms. The van der Waals surface area contributed by atoms with Crippen molar-refractivity contribution in [2.45, 2.75) is 70.5 Å². The molecule has 20 heavy (non-hydrogen) atoms. The van der Waals surface area contributed by atoms with Crippen LogP contribution in [0.5, 0.6) is 0 Å². The molecule has 0 saturated carbocycles. The molecular weight excluding hydrogens is 248 g/mol. The quantitative estimate of drug-likeness (QED) is 0.870. The van der Waals surface area contributed by atoms with Gasteiger partial charge < -0.3 is 5.73 Å². The normalized spacial score (nSPS) is 23.7. The first-order valence-corrected chi connectivity index (χ1v) is 8.17. The highest BCUT2D eigenvalue weighted by molar-refractivity contribution is 5.14. The third-order valence-corrected chi connectivity index (χ3v) is 4.60. The van der Waals surface area contributed by atoms with Crippen LogP contribution in [0.2, 0.25) is 0 Å². The van der Waals surface area contributed by atoms with Gasteiger partial charge in [-0.25, -0.2) is 0 Å². The molecule has 1 aromatic heterocycles. The number of piperidine rings is 1. The van der Waals surface area contributed by atoms with Crippen LogP contribution in [-0.2, 0) is 7.05 Å². The van der Waals surface area contributed by atoms with Crippen LogP contribution in [0.3, 0.4) is 0 Å². The fourth-order valence-electron chi connectivity index (χ4n) is 3.53. The van der Waals surface area contributed by atoms with Gasteiger partial charge in [-0.15, -0.1) is 0 Å². The van der Waals surface area contributed by atoms with Crippen LogP contribution in [0.15, 0.2) is 12.4 Å². The fourth-order valence-corrected chi connectivity index (χ4v) is 3.53. The highest BCUT2D eigenvalue weighted by Gasteiger charge is 2.33. The zero-order valence-corrected chi connectivity index (χ0v) is 13.3. The molecular formula is C16H30N4. The predicted octanol–water partition coefficient (Wildman–Crippen LogP) is 2.85. The molecule has 1 fully saturated rings. The molecule has 3 unspecified atom stereocenters. The third kappa shape index (κ3) is 3.41. The maximum absolute atomic E-state index is 6.47. The van der Waals surface area contributed by atoms with E-state index in [2.05, 4.69) is 30.0 Å². The summed E-state index contributed by atoms with van der Waals surface area (Å²) in [6.45, 7) is 5.65. The lowest BCUT2D eigenvalue weighted by Crippen LogP contribution is -2.48. The minimum absolute atomic E-state index is 0.191. The van der Waals surface area contributed by atoms with Gasteiger partial charge in [0.1, 0.15) is 0 Å². The number of hydrogen-bond acceptors (Lipinski definition) is 3. The monoisotopic (exact) mass is 278 g/mol. The van der Waals surface area contributed by atoms with E-state index in [1.165, 1.54) is 44.2 Å². The second kappa shape index (κ2) is 7.23. The molecule has 2 rings (SSSR count). The van der Waals surface area contributed by atoms with Crippen LogP contribution in [0.1, 0.15) is 64.0 Å². The van der Waals surface area contributed by atoms with Gasteiger partial charge in [0, 0.05) is 30.9 Å². The van der Waals surface area contributed by atoms with E-state index in [9.17, 15) is 0 Å². The summed E-state index contributed by atoms with van der Waals surface area (Å²) in [5.41, 5.74) is 7.75. The predicted molar refractivity (Wildman–Crippen MR) is 83.5 cm³/mol. The van der Waals surface area contributed by atoms with Crippen molar-refractivity contribution in [2.24, 2.45) is 12.8 Å². The van der Waals surface area contributed by atoms with Crippen LogP contribution in [0, 0.1) is 0 Å². The Kier molecular flexibility index (Phi) is 5.61. The second-order valence-electron chi connectivity index (χ2n) is 6.14. The lowest BCUT2D eigenvalue weighted by Gasteiger charge is -2.43. The van der Waals surface area contributed by atoms with Gasteiger partial charge in [-0.3, -0.25) is 9.58 Å². The molecule has 0 aliphatic carbocycles. The molecule has 0 bridgehead atoms. The largest absolute Gasteiger partial charge is 0.326 e. The van der Waals surface area contributed by atoms with E-state index in [1.54, 1.807) is 0 Å². The smallest absolute Gasteiger partial charge is 0.0538 e. The molecule has 2 N–H and O–H groups in total. The van der Waals surface area contributed by atoms with Crippen molar-refractivity contribution in [3.8, 4) is 0 Å². The van der Waals surface area contributed by atoms with Gasteiger partial charge in [-0.05, 0) is 32.2 Å². The summed E-state index contributed by atoms with van der Waals surface area (Å²) in [7, 11) is 1.98. The first kappa shape index (κ1) is 15.5. The first-order valence-electron chi connectivity index (χ1n) is 8.17. The highest BCUT2D eigenvalue weighted by Crippen LogP contribution is 2.33. The lowest BCUT2D eigenvalue weighted by atomic mass is 9.91. The average Bonchev–Trinajstić information content (AvgIpc) is 2.87. The average molecular weight is 278 g/mol. The van der Waals surface area contributed by atoms with Crippen molar-refractivity contribution >= 4 is 0 Å². The van der Waals surface area contributed by atoms with Gasteiger partial charge in [0.15, 0.2) is 0 Å². The number of hydrogen-bond donors (Lipinski definition) is 1. The minimum Gasteiger partial charge on any atom is -0.326 e. The molecule has 1 aromatic rings. The number of likely N-dealkylation sites (tertiary alicyclic amines) is 1. The number of nitrogens with zero attached hydrogens (tertiary/aromatic N) is 3. The summed E-state index contributed by atoms with van der Waals surface area (Å²) in [4.78, 5) is 2.66. The summed E-state index contributed by atoms with van der Waals surface area (Å²) in [5, 5.41) is 4.35. The molecule has 1 saturated heterocycles. The van der Waals surface area contributed by atoms with E-state index < -0.39 is 0 Å². The molecule has 2 heterocycles. The topological polar surface area (TPSA) is 47.1 Å². The van der Waals surface area contributed by atoms with Gasteiger partial charge in [0.25, 0.3) is 0 Å². The van der Waals surface area contributed by atoms with Crippen molar-refractivity contribution in [1.82, 2.24) is 14.7 Å². The molecule has 4 nitrogen and oxygen atoms in total. The zero-order chi connectivity index (χ0) is 14.5. The maximum Gasteiger partial charge on any atom is 0.0538 e. The van der Waals surface area contributed by atoms with Crippen LogP contribution < -0.4 is 5.73 Å². The Balaban J connectivity index is 2.24.